The largest absolute Gasteiger partial charge is 0.466 e. The highest BCUT2D eigenvalue weighted by Crippen LogP contribution is 2.16. The lowest BCUT2D eigenvalue weighted by molar-refractivity contribution is -0.142. The van der Waals surface area contributed by atoms with Crippen LogP contribution in [0.5, 0.6) is 0 Å². The first-order valence-corrected chi connectivity index (χ1v) is 7.36. The summed E-state index contributed by atoms with van der Waals surface area (Å²) in [5.41, 5.74) is 6.68. The van der Waals surface area contributed by atoms with Gasteiger partial charge < -0.3 is 10.5 Å². The number of pyridine rings is 1. The van der Waals surface area contributed by atoms with Gasteiger partial charge in [-0.25, -0.2) is 4.98 Å². The molecule has 0 unspecified atom stereocenters. The molecule has 0 fully saturated rings. The number of nitrogens with two attached hydrogens (primary N) is 1. The van der Waals surface area contributed by atoms with Crippen LogP contribution in [-0.2, 0) is 9.53 Å². The number of ether oxygens (including phenoxy) is 1. The number of carbonyl (C=O) groups is 2. The second-order valence-corrected chi connectivity index (χ2v) is 4.83. The molecule has 120 valence electrons. The average molecular weight is 313 g/mol. The van der Waals surface area contributed by atoms with Crippen molar-refractivity contribution in [2.45, 2.75) is 13.3 Å². The van der Waals surface area contributed by atoms with E-state index >= 15 is 0 Å². The van der Waals surface area contributed by atoms with E-state index < -0.39 is 0 Å². The van der Waals surface area contributed by atoms with Crippen LogP contribution in [0.1, 0.15) is 23.7 Å². The van der Waals surface area contributed by atoms with Gasteiger partial charge >= 0.3 is 5.97 Å². The van der Waals surface area contributed by atoms with Gasteiger partial charge in [0.05, 0.1) is 13.0 Å². The summed E-state index contributed by atoms with van der Waals surface area (Å²) >= 11 is 0. The molecule has 6 nitrogen and oxygen atoms in total. The van der Waals surface area contributed by atoms with Crippen molar-refractivity contribution in [1.29, 1.82) is 0 Å². The molecule has 2 rings (SSSR count). The maximum atomic E-state index is 12.7. The summed E-state index contributed by atoms with van der Waals surface area (Å²) in [6.45, 7) is 2.24. The number of rotatable bonds is 6. The Bertz CT molecular complexity index is 674. The number of esters is 1. The van der Waals surface area contributed by atoms with Crippen LogP contribution < -0.4 is 10.6 Å². The minimum Gasteiger partial charge on any atom is -0.466 e. The molecular formula is C17H19N3O3. The van der Waals surface area contributed by atoms with E-state index in [0.29, 0.717) is 23.7 Å². The van der Waals surface area contributed by atoms with Gasteiger partial charge in [0.15, 0.2) is 0 Å². The highest BCUT2D eigenvalue weighted by atomic mass is 16.5. The van der Waals surface area contributed by atoms with E-state index in [-0.39, 0.29) is 24.8 Å². The molecule has 1 aromatic carbocycles. The van der Waals surface area contributed by atoms with E-state index in [9.17, 15) is 9.59 Å². The molecule has 0 saturated heterocycles. The molecule has 0 aliphatic rings. The molecule has 6 heteroatoms. The van der Waals surface area contributed by atoms with Gasteiger partial charge in [-0.15, -0.1) is 0 Å². The number of aromatic nitrogens is 1. The third kappa shape index (κ3) is 4.54. The Balaban J connectivity index is 2.22. The average Bonchev–Trinajstić information content (AvgIpc) is 2.56. The lowest BCUT2D eigenvalue weighted by Gasteiger charge is -2.21. The standard InChI is InChI=1S/C17H19N3O3/c1-2-23-16(21)9-11-20(15-8-3-4-10-19-15)17(22)13-6-5-7-14(18)12-13/h3-8,10,12H,2,9,11,18H2,1H3. The quantitative estimate of drug-likeness (QED) is 0.653. The van der Waals surface area contributed by atoms with E-state index in [1.165, 1.54) is 4.90 Å². The number of hydrogen-bond donors (Lipinski definition) is 1. The number of nitrogens with zero attached hydrogens (tertiary/aromatic N) is 2. The number of hydrogen-bond acceptors (Lipinski definition) is 5. The topological polar surface area (TPSA) is 85.5 Å². The second kappa shape index (κ2) is 7.93. The summed E-state index contributed by atoms with van der Waals surface area (Å²) in [5.74, 6) is -0.140. The normalized spacial score (nSPS) is 10.1. The Labute approximate surface area is 134 Å². The lowest BCUT2D eigenvalue weighted by Crippen LogP contribution is -2.34. The first-order chi connectivity index (χ1) is 11.1. The predicted octanol–water partition coefficient (Wildman–Crippen LogP) is 2.26. The van der Waals surface area contributed by atoms with Crippen molar-refractivity contribution in [3.8, 4) is 0 Å². The van der Waals surface area contributed by atoms with Crippen molar-refractivity contribution in [2.24, 2.45) is 0 Å². The van der Waals surface area contributed by atoms with Crippen molar-refractivity contribution in [1.82, 2.24) is 4.98 Å². The highest BCUT2D eigenvalue weighted by Gasteiger charge is 2.20. The Morgan fingerprint density at radius 1 is 1.22 bits per heavy atom. The fraction of sp³-hybridized carbons (Fsp3) is 0.235. The minimum absolute atomic E-state index is 0.0957. The summed E-state index contributed by atoms with van der Waals surface area (Å²) in [7, 11) is 0. The van der Waals surface area contributed by atoms with Crippen molar-refractivity contribution in [3.63, 3.8) is 0 Å². The van der Waals surface area contributed by atoms with Gasteiger partial charge in [-0.05, 0) is 37.3 Å². The molecule has 1 heterocycles. The SMILES string of the molecule is CCOC(=O)CCN(C(=O)c1cccc(N)c1)c1ccccn1. The van der Waals surface area contributed by atoms with Crippen LogP contribution in [0.15, 0.2) is 48.7 Å². The zero-order valence-corrected chi connectivity index (χ0v) is 12.9. The second-order valence-electron chi connectivity index (χ2n) is 4.83. The monoisotopic (exact) mass is 313 g/mol. The Hall–Kier alpha value is -2.89. The molecule has 1 amide bonds. The minimum atomic E-state index is -0.353. The van der Waals surface area contributed by atoms with Crippen molar-refractivity contribution < 1.29 is 14.3 Å². The van der Waals surface area contributed by atoms with Gasteiger partial charge in [-0.1, -0.05) is 12.1 Å². The molecule has 2 N–H and O–H groups in total. The number of nitrogen functional groups attached to an aromatic ring is 1. The van der Waals surface area contributed by atoms with E-state index in [0.717, 1.165) is 0 Å². The molecule has 23 heavy (non-hydrogen) atoms. The Morgan fingerprint density at radius 2 is 2.04 bits per heavy atom. The molecule has 0 aliphatic carbocycles. The fourth-order valence-electron chi connectivity index (χ4n) is 2.10. The third-order valence-electron chi connectivity index (χ3n) is 3.15. The summed E-state index contributed by atoms with van der Waals surface area (Å²) in [5, 5.41) is 0. The van der Waals surface area contributed by atoms with Crippen LogP contribution >= 0.6 is 0 Å². The van der Waals surface area contributed by atoms with Gasteiger partial charge in [0.2, 0.25) is 0 Å². The zero-order chi connectivity index (χ0) is 16.7. The van der Waals surface area contributed by atoms with Crippen LogP contribution in [0.4, 0.5) is 11.5 Å². The predicted molar refractivity (Wildman–Crippen MR) is 88.0 cm³/mol. The van der Waals surface area contributed by atoms with Gasteiger partial charge in [0.25, 0.3) is 5.91 Å². The number of carbonyl (C=O) groups excluding carboxylic acids is 2. The lowest BCUT2D eigenvalue weighted by atomic mass is 10.1. The molecule has 1 aromatic heterocycles. The van der Waals surface area contributed by atoms with Crippen molar-refractivity contribution in [3.05, 3.63) is 54.2 Å². The summed E-state index contributed by atoms with van der Waals surface area (Å²) in [6.07, 6.45) is 1.69. The van der Waals surface area contributed by atoms with Crippen molar-refractivity contribution in [2.75, 3.05) is 23.8 Å². The molecule has 0 spiro atoms. The first-order valence-electron chi connectivity index (χ1n) is 7.36. The smallest absolute Gasteiger partial charge is 0.307 e. The van der Waals surface area contributed by atoms with E-state index in [1.807, 2.05) is 0 Å². The van der Waals surface area contributed by atoms with Gasteiger partial charge in [0.1, 0.15) is 5.82 Å². The van der Waals surface area contributed by atoms with E-state index in [4.69, 9.17) is 10.5 Å². The third-order valence-corrected chi connectivity index (χ3v) is 3.15. The molecule has 0 atom stereocenters. The fourth-order valence-corrected chi connectivity index (χ4v) is 2.10. The number of benzene rings is 1. The van der Waals surface area contributed by atoms with Crippen LogP contribution in [0, 0.1) is 0 Å². The van der Waals surface area contributed by atoms with Crippen molar-refractivity contribution >= 4 is 23.4 Å². The molecular weight excluding hydrogens is 294 g/mol. The molecule has 0 aliphatic heterocycles. The van der Waals surface area contributed by atoms with E-state index in [2.05, 4.69) is 4.98 Å². The first kappa shape index (κ1) is 16.5. The van der Waals surface area contributed by atoms with Gasteiger partial charge in [-0.3, -0.25) is 14.5 Å². The molecule has 2 aromatic rings. The van der Waals surface area contributed by atoms with Gasteiger partial charge in [0, 0.05) is 24.0 Å². The van der Waals surface area contributed by atoms with E-state index in [1.54, 1.807) is 55.6 Å². The van der Waals surface area contributed by atoms with Crippen LogP contribution in [0.2, 0.25) is 0 Å². The van der Waals surface area contributed by atoms with Crippen LogP contribution in [0.3, 0.4) is 0 Å². The number of amides is 1. The summed E-state index contributed by atoms with van der Waals surface area (Å²) in [4.78, 5) is 30.0. The molecule has 0 radical (unpaired) electrons. The maximum Gasteiger partial charge on any atom is 0.307 e. The zero-order valence-electron chi connectivity index (χ0n) is 12.9. The van der Waals surface area contributed by atoms with Crippen LogP contribution in [-0.4, -0.2) is 30.0 Å². The molecule has 0 bridgehead atoms. The maximum absolute atomic E-state index is 12.7. The van der Waals surface area contributed by atoms with Crippen LogP contribution in [0.25, 0.3) is 0 Å². The summed E-state index contributed by atoms with van der Waals surface area (Å²) in [6, 6.07) is 12.0. The Kier molecular flexibility index (Phi) is 5.68. The Morgan fingerprint density at radius 3 is 2.70 bits per heavy atom. The summed E-state index contributed by atoms with van der Waals surface area (Å²) < 4.78 is 4.92. The number of anilines is 2. The highest BCUT2D eigenvalue weighted by molar-refractivity contribution is 6.06. The van der Waals surface area contributed by atoms with Gasteiger partial charge in [-0.2, -0.15) is 0 Å². The molecule has 0 saturated carbocycles.